The van der Waals surface area contributed by atoms with E-state index in [-0.39, 0.29) is 6.04 Å². The lowest BCUT2D eigenvalue weighted by Gasteiger charge is -2.40. The number of nitrogens with one attached hydrogen (secondary N) is 1. The molecule has 31 heavy (non-hydrogen) atoms. The van der Waals surface area contributed by atoms with Crippen LogP contribution in [-0.4, -0.2) is 34.9 Å². The lowest BCUT2D eigenvalue weighted by molar-refractivity contribution is -0.137. The Balaban J connectivity index is 1.97. The van der Waals surface area contributed by atoms with Crippen LogP contribution in [0.15, 0.2) is 53.7 Å². The molecule has 2 aromatic rings. The molecule has 3 rings (SSSR count). The van der Waals surface area contributed by atoms with Gasteiger partial charge in [0, 0.05) is 23.3 Å². The van der Waals surface area contributed by atoms with Gasteiger partial charge in [-0.3, -0.25) is 9.69 Å². The van der Waals surface area contributed by atoms with Crippen LogP contribution in [0.25, 0.3) is 0 Å². The van der Waals surface area contributed by atoms with E-state index < -0.39 is 34.4 Å². The van der Waals surface area contributed by atoms with E-state index in [1.165, 1.54) is 0 Å². The minimum absolute atomic E-state index is 0.0467. The highest BCUT2D eigenvalue weighted by atomic mass is 79.9. The van der Waals surface area contributed by atoms with Gasteiger partial charge in [-0.05, 0) is 43.1 Å². The zero-order valence-electron chi connectivity index (χ0n) is 16.6. The third-order valence-electron chi connectivity index (χ3n) is 5.32. The Morgan fingerprint density at radius 1 is 1.39 bits per heavy atom. The van der Waals surface area contributed by atoms with Crippen molar-refractivity contribution >= 4 is 33.4 Å². The molecule has 166 valence electrons. The number of benzene rings is 1. The second kappa shape index (κ2) is 10.1. The van der Waals surface area contributed by atoms with E-state index >= 15 is 0 Å². The van der Waals surface area contributed by atoms with Crippen molar-refractivity contribution in [1.29, 1.82) is 0 Å². The van der Waals surface area contributed by atoms with E-state index in [1.807, 2.05) is 30.3 Å². The van der Waals surface area contributed by atoms with E-state index in [0.717, 1.165) is 48.1 Å². The predicted octanol–water partition coefficient (Wildman–Crippen LogP) is 6.03. The lowest BCUT2D eigenvalue weighted by Crippen LogP contribution is -2.49. The smallest absolute Gasteiger partial charge is 0.342 e. The number of nitrogens with zero attached hydrogens (tertiary/aromatic N) is 2. The first-order valence-electron chi connectivity index (χ1n) is 9.85. The lowest BCUT2D eigenvalue weighted by atomic mass is 9.90. The molecule has 1 saturated heterocycles. The van der Waals surface area contributed by atoms with Crippen molar-refractivity contribution in [3.8, 4) is 0 Å². The van der Waals surface area contributed by atoms with Gasteiger partial charge >= 0.3 is 6.18 Å². The summed E-state index contributed by atoms with van der Waals surface area (Å²) in [6, 6.07) is 7.76. The van der Waals surface area contributed by atoms with Crippen LogP contribution in [0.1, 0.15) is 46.9 Å². The average Bonchev–Trinajstić information content (AvgIpc) is 2.72. The van der Waals surface area contributed by atoms with Crippen molar-refractivity contribution < 1.29 is 18.0 Å². The number of carbonyl (C=O) groups excluding carboxylic acids is 1. The van der Waals surface area contributed by atoms with E-state index in [9.17, 15) is 18.0 Å². The zero-order valence-corrected chi connectivity index (χ0v) is 19.0. The third kappa shape index (κ3) is 5.67. The molecule has 1 aliphatic heterocycles. The monoisotopic (exact) mass is 515 g/mol. The maximum absolute atomic E-state index is 13.2. The van der Waals surface area contributed by atoms with Crippen LogP contribution in [0.2, 0.25) is 5.02 Å². The van der Waals surface area contributed by atoms with Crippen LogP contribution in [-0.2, 0) is 6.18 Å². The first kappa shape index (κ1) is 23.8. The fourth-order valence-corrected chi connectivity index (χ4v) is 4.64. The van der Waals surface area contributed by atoms with Gasteiger partial charge in [0.15, 0.2) is 0 Å². The summed E-state index contributed by atoms with van der Waals surface area (Å²) in [6.07, 6.45) is 0.926. The zero-order chi connectivity index (χ0) is 22.6. The predicted molar refractivity (Wildman–Crippen MR) is 118 cm³/mol. The number of amides is 1. The topological polar surface area (TPSA) is 45.2 Å². The Morgan fingerprint density at radius 3 is 2.84 bits per heavy atom. The molecule has 0 spiro atoms. The summed E-state index contributed by atoms with van der Waals surface area (Å²) in [6.45, 7) is 5.31. The second-order valence-corrected chi connectivity index (χ2v) is 8.67. The molecule has 1 fully saturated rings. The Labute approximate surface area is 192 Å². The average molecular weight is 517 g/mol. The largest absolute Gasteiger partial charge is 0.417 e. The highest BCUT2D eigenvalue weighted by Crippen LogP contribution is 2.36. The quantitative estimate of drug-likeness (QED) is 0.477. The number of alkyl halides is 3. The van der Waals surface area contributed by atoms with Gasteiger partial charge in [0.25, 0.3) is 5.91 Å². The molecule has 2 atom stereocenters. The van der Waals surface area contributed by atoms with E-state index in [4.69, 9.17) is 11.6 Å². The Kier molecular flexibility index (Phi) is 7.78. The van der Waals surface area contributed by atoms with Gasteiger partial charge in [-0.1, -0.05) is 52.2 Å². The summed E-state index contributed by atoms with van der Waals surface area (Å²) in [5.74, 6) is -0.745. The van der Waals surface area contributed by atoms with E-state index in [0.29, 0.717) is 6.54 Å². The number of hydrogen-bond acceptors (Lipinski definition) is 3. The molecule has 9 heteroatoms. The van der Waals surface area contributed by atoms with Crippen molar-refractivity contribution in [2.45, 2.75) is 37.5 Å². The summed E-state index contributed by atoms with van der Waals surface area (Å²) >= 11 is 9.39. The van der Waals surface area contributed by atoms with Crippen LogP contribution in [0.5, 0.6) is 0 Å². The van der Waals surface area contributed by atoms with Gasteiger partial charge in [0.2, 0.25) is 0 Å². The normalized spacial score (nSPS) is 18.4. The standard InChI is InChI=1S/C22H22BrClF3N3O/c1-2-11-30-12-4-3-8-17(30)19(14-6-5-7-15(23)13-14)29-21(31)20-18(24)16(9-10-28-20)22(25,26)27/h2,5-7,9-10,13,17,19H,1,3-4,8,11-12H2,(H,29,31)/t17-,19?/m0/s1. The van der Waals surface area contributed by atoms with E-state index in [2.05, 4.69) is 37.7 Å². The van der Waals surface area contributed by atoms with Crippen LogP contribution in [0, 0.1) is 0 Å². The molecule has 2 heterocycles. The van der Waals surface area contributed by atoms with Crippen molar-refractivity contribution in [3.05, 3.63) is 75.5 Å². The van der Waals surface area contributed by atoms with Gasteiger partial charge in [-0.2, -0.15) is 13.2 Å². The molecule has 0 bridgehead atoms. The highest BCUT2D eigenvalue weighted by molar-refractivity contribution is 9.10. The number of piperidine rings is 1. The molecule has 0 aliphatic carbocycles. The van der Waals surface area contributed by atoms with Gasteiger partial charge in [0.1, 0.15) is 5.69 Å². The van der Waals surface area contributed by atoms with E-state index in [1.54, 1.807) is 0 Å². The Morgan fingerprint density at radius 2 is 2.16 bits per heavy atom. The number of pyridine rings is 1. The molecule has 1 aromatic carbocycles. The maximum atomic E-state index is 13.2. The van der Waals surface area contributed by atoms with Crippen molar-refractivity contribution in [2.75, 3.05) is 13.1 Å². The number of hydrogen-bond donors (Lipinski definition) is 1. The first-order chi connectivity index (χ1) is 14.7. The number of aromatic nitrogens is 1. The SMILES string of the molecule is C=CCN1CCCC[C@H]1C(NC(=O)c1nccc(C(F)(F)F)c1Cl)c1cccc(Br)c1. The summed E-state index contributed by atoms with van der Waals surface area (Å²) in [5, 5.41) is 2.20. The molecule has 1 unspecified atom stereocenters. The molecule has 0 saturated carbocycles. The number of rotatable bonds is 6. The summed E-state index contributed by atoms with van der Waals surface area (Å²) in [4.78, 5) is 19.1. The molecular formula is C22H22BrClF3N3O. The van der Waals surface area contributed by atoms with Gasteiger partial charge in [-0.25, -0.2) is 4.98 Å². The summed E-state index contributed by atoms with van der Waals surface area (Å²) in [7, 11) is 0. The number of halogens is 5. The minimum Gasteiger partial charge on any atom is -0.342 e. The van der Waals surface area contributed by atoms with Crippen LogP contribution < -0.4 is 5.32 Å². The third-order valence-corrected chi connectivity index (χ3v) is 6.19. The second-order valence-electron chi connectivity index (χ2n) is 7.37. The number of likely N-dealkylation sites (tertiary alicyclic amines) is 1. The Bertz CT molecular complexity index is 954. The van der Waals surface area contributed by atoms with Crippen molar-refractivity contribution in [1.82, 2.24) is 15.2 Å². The first-order valence-corrected chi connectivity index (χ1v) is 11.0. The van der Waals surface area contributed by atoms with Crippen molar-refractivity contribution in [2.24, 2.45) is 0 Å². The van der Waals surface area contributed by atoms with Gasteiger partial charge in [0.05, 0.1) is 16.6 Å². The highest BCUT2D eigenvalue weighted by Gasteiger charge is 2.37. The number of carbonyl (C=O) groups is 1. The Hall–Kier alpha value is -1.90. The van der Waals surface area contributed by atoms with Gasteiger partial charge < -0.3 is 5.32 Å². The maximum Gasteiger partial charge on any atom is 0.417 e. The molecule has 1 aliphatic rings. The fourth-order valence-electron chi connectivity index (χ4n) is 3.92. The summed E-state index contributed by atoms with van der Waals surface area (Å²) in [5.41, 5.74) is -0.686. The molecule has 1 amide bonds. The van der Waals surface area contributed by atoms with Gasteiger partial charge in [-0.15, -0.1) is 6.58 Å². The van der Waals surface area contributed by atoms with Crippen LogP contribution in [0.4, 0.5) is 13.2 Å². The summed E-state index contributed by atoms with van der Waals surface area (Å²) < 4.78 is 40.5. The minimum atomic E-state index is -4.68. The molecule has 4 nitrogen and oxygen atoms in total. The fraction of sp³-hybridized carbons (Fsp3) is 0.364. The molecule has 0 radical (unpaired) electrons. The molecule has 1 N–H and O–H groups in total. The molecule has 1 aromatic heterocycles. The van der Waals surface area contributed by atoms with Crippen LogP contribution >= 0.6 is 27.5 Å². The van der Waals surface area contributed by atoms with Crippen LogP contribution in [0.3, 0.4) is 0 Å². The molecular weight excluding hydrogens is 495 g/mol. The van der Waals surface area contributed by atoms with Crippen molar-refractivity contribution in [3.63, 3.8) is 0 Å².